The van der Waals surface area contributed by atoms with E-state index in [9.17, 15) is 10.1 Å². The number of carboxylic acids is 1. The molecular formula is C18H13NO3. The van der Waals surface area contributed by atoms with Crippen LogP contribution < -0.4 is 4.74 Å². The second kappa shape index (κ2) is 5.38. The number of nitrogens with zero attached hydrogens (tertiary/aromatic N) is 1. The first-order chi connectivity index (χ1) is 10.6. The van der Waals surface area contributed by atoms with Crippen molar-refractivity contribution in [2.24, 2.45) is 0 Å². The maximum absolute atomic E-state index is 11.1. The molecule has 3 rings (SSSR count). The van der Waals surface area contributed by atoms with Gasteiger partial charge < -0.3 is 9.84 Å². The lowest BCUT2D eigenvalue weighted by Gasteiger charge is -2.11. The van der Waals surface area contributed by atoms with Crippen molar-refractivity contribution in [3.05, 3.63) is 70.3 Å². The molecule has 1 aliphatic heterocycles. The standard InChI is InChI=1S/C18H13NO3/c1-11(9-19)17-14-5-3-2-4-13(14)10-22-16-8-12(18(20)21)6-7-15(16)17/h2-8H,10H2,1H3,(H,20,21)/b17-11-. The lowest BCUT2D eigenvalue weighted by atomic mass is 9.90. The Bertz CT molecular complexity index is 844. The Morgan fingerprint density at radius 3 is 2.73 bits per heavy atom. The Kier molecular flexibility index (Phi) is 3.40. The molecule has 1 aliphatic rings. The fourth-order valence-electron chi connectivity index (χ4n) is 2.63. The fraction of sp³-hybridized carbons (Fsp3) is 0.111. The van der Waals surface area contributed by atoms with Crippen molar-refractivity contribution >= 4 is 11.5 Å². The molecule has 0 atom stereocenters. The summed E-state index contributed by atoms with van der Waals surface area (Å²) in [4.78, 5) is 11.1. The third kappa shape index (κ3) is 2.23. The lowest BCUT2D eigenvalue weighted by molar-refractivity contribution is 0.0696. The summed E-state index contributed by atoms with van der Waals surface area (Å²) in [6.07, 6.45) is 0. The van der Waals surface area contributed by atoms with Crippen LogP contribution in [0, 0.1) is 11.3 Å². The van der Waals surface area contributed by atoms with Crippen LogP contribution in [0.4, 0.5) is 0 Å². The number of carbonyl (C=O) groups is 1. The van der Waals surface area contributed by atoms with Crippen LogP contribution in [0.15, 0.2) is 48.0 Å². The molecule has 0 aromatic heterocycles. The third-order valence-electron chi connectivity index (χ3n) is 3.71. The second-order valence-electron chi connectivity index (χ2n) is 5.07. The summed E-state index contributed by atoms with van der Waals surface area (Å²) in [6, 6.07) is 14.7. The number of ether oxygens (including phenoxy) is 1. The first-order valence-electron chi connectivity index (χ1n) is 6.81. The van der Waals surface area contributed by atoms with E-state index >= 15 is 0 Å². The summed E-state index contributed by atoms with van der Waals surface area (Å²) in [6.45, 7) is 2.10. The van der Waals surface area contributed by atoms with Gasteiger partial charge in [0.15, 0.2) is 0 Å². The molecule has 0 amide bonds. The minimum atomic E-state index is -1.00. The van der Waals surface area contributed by atoms with Crippen molar-refractivity contribution in [3.63, 3.8) is 0 Å². The van der Waals surface area contributed by atoms with Crippen molar-refractivity contribution in [1.82, 2.24) is 0 Å². The van der Waals surface area contributed by atoms with Gasteiger partial charge in [-0.3, -0.25) is 0 Å². The molecule has 2 aromatic rings. The molecule has 0 fully saturated rings. The average Bonchev–Trinajstić information content (AvgIpc) is 2.70. The lowest BCUT2D eigenvalue weighted by Crippen LogP contribution is -1.99. The molecule has 0 unspecified atom stereocenters. The third-order valence-corrected chi connectivity index (χ3v) is 3.71. The van der Waals surface area contributed by atoms with Crippen molar-refractivity contribution in [2.75, 3.05) is 0 Å². The molecule has 2 aromatic carbocycles. The predicted molar refractivity (Wildman–Crippen MR) is 81.5 cm³/mol. The average molecular weight is 291 g/mol. The molecule has 0 radical (unpaired) electrons. The largest absolute Gasteiger partial charge is 0.488 e. The van der Waals surface area contributed by atoms with Gasteiger partial charge in [-0.1, -0.05) is 24.3 Å². The van der Waals surface area contributed by atoms with Crippen LogP contribution in [0.2, 0.25) is 0 Å². The summed E-state index contributed by atoms with van der Waals surface area (Å²) in [5, 5.41) is 18.5. The Balaban J connectivity index is 2.30. The highest BCUT2D eigenvalue weighted by atomic mass is 16.5. The van der Waals surface area contributed by atoms with Crippen LogP contribution in [-0.2, 0) is 6.61 Å². The number of benzene rings is 2. The first-order valence-corrected chi connectivity index (χ1v) is 6.81. The maximum atomic E-state index is 11.1. The van der Waals surface area contributed by atoms with Crippen LogP contribution in [0.25, 0.3) is 5.57 Å². The Morgan fingerprint density at radius 1 is 1.23 bits per heavy atom. The normalized spacial score (nSPS) is 14.7. The molecular weight excluding hydrogens is 278 g/mol. The van der Waals surface area contributed by atoms with Gasteiger partial charge in [-0.15, -0.1) is 0 Å². The number of fused-ring (bicyclic) bond motifs is 2. The smallest absolute Gasteiger partial charge is 0.335 e. The molecule has 1 N–H and O–H groups in total. The van der Waals surface area contributed by atoms with Crippen molar-refractivity contribution in [2.45, 2.75) is 13.5 Å². The number of hydrogen-bond donors (Lipinski definition) is 1. The Labute approximate surface area is 127 Å². The number of rotatable bonds is 1. The van der Waals surface area contributed by atoms with Gasteiger partial charge in [-0.05, 0) is 36.2 Å². The van der Waals surface area contributed by atoms with Crippen molar-refractivity contribution < 1.29 is 14.6 Å². The summed E-state index contributed by atoms with van der Waals surface area (Å²) in [7, 11) is 0. The first kappa shape index (κ1) is 13.9. The zero-order valence-corrected chi connectivity index (χ0v) is 12.0. The van der Waals surface area contributed by atoms with E-state index in [4.69, 9.17) is 9.84 Å². The van der Waals surface area contributed by atoms with Crippen LogP contribution in [-0.4, -0.2) is 11.1 Å². The molecule has 0 saturated heterocycles. The van der Waals surface area contributed by atoms with Gasteiger partial charge in [0.05, 0.1) is 11.6 Å². The van der Waals surface area contributed by atoms with E-state index in [1.54, 1.807) is 13.0 Å². The SMILES string of the molecule is C/C(C#N)=C1\c2ccccc2COc2cc(C(=O)O)ccc21. The second-order valence-corrected chi connectivity index (χ2v) is 5.07. The maximum Gasteiger partial charge on any atom is 0.335 e. The van der Waals surface area contributed by atoms with E-state index in [1.807, 2.05) is 24.3 Å². The highest BCUT2D eigenvalue weighted by molar-refractivity contribution is 5.92. The quantitative estimate of drug-likeness (QED) is 0.815. The van der Waals surface area contributed by atoms with E-state index in [0.29, 0.717) is 17.9 Å². The molecule has 1 heterocycles. The van der Waals surface area contributed by atoms with Crippen LogP contribution in [0.5, 0.6) is 5.75 Å². The van der Waals surface area contributed by atoms with Gasteiger partial charge in [-0.2, -0.15) is 5.26 Å². The minimum Gasteiger partial charge on any atom is -0.488 e. The van der Waals surface area contributed by atoms with E-state index in [2.05, 4.69) is 6.07 Å². The highest BCUT2D eigenvalue weighted by Gasteiger charge is 2.22. The van der Waals surface area contributed by atoms with Crippen molar-refractivity contribution in [3.8, 4) is 11.8 Å². The summed E-state index contributed by atoms with van der Waals surface area (Å²) < 4.78 is 5.78. The van der Waals surface area contributed by atoms with Crippen LogP contribution in [0.3, 0.4) is 0 Å². The van der Waals surface area contributed by atoms with Gasteiger partial charge in [0.2, 0.25) is 0 Å². The van der Waals surface area contributed by atoms with E-state index in [1.165, 1.54) is 12.1 Å². The van der Waals surface area contributed by atoms with Crippen molar-refractivity contribution in [1.29, 1.82) is 5.26 Å². The zero-order valence-electron chi connectivity index (χ0n) is 12.0. The molecule has 4 nitrogen and oxygen atoms in total. The van der Waals surface area contributed by atoms with Crippen LogP contribution in [0.1, 0.15) is 34.0 Å². The van der Waals surface area contributed by atoms with E-state index < -0.39 is 5.97 Å². The number of nitriles is 1. The topological polar surface area (TPSA) is 70.3 Å². The minimum absolute atomic E-state index is 0.165. The van der Waals surface area contributed by atoms with Gasteiger partial charge in [-0.25, -0.2) is 4.79 Å². The van der Waals surface area contributed by atoms with Gasteiger partial charge in [0.1, 0.15) is 12.4 Å². The summed E-state index contributed by atoms with van der Waals surface area (Å²) >= 11 is 0. The molecule has 0 spiro atoms. The fourth-order valence-corrected chi connectivity index (χ4v) is 2.63. The number of aromatic carboxylic acids is 1. The van der Waals surface area contributed by atoms with Gasteiger partial charge in [0.25, 0.3) is 0 Å². The van der Waals surface area contributed by atoms with Gasteiger partial charge >= 0.3 is 5.97 Å². The monoisotopic (exact) mass is 291 g/mol. The summed E-state index contributed by atoms with van der Waals surface area (Å²) in [5.41, 5.74) is 4.20. The predicted octanol–water partition coefficient (Wildman–Crippen LogP) is 3.62. The molecule has 22 heavy (non-hydrogen) atoms. The Hall–Kier alpha value is -3.06. The molecule has 4 heteroatoms. The molecule has 0 bridgehead atoms. The molecule has 0 aliphatic carbocycles. The number of allylic oxidation sites excluding steroid dienone is 1. The van der Waals surface area contributed by atoms with E-state index in [-0.39, 0.29) is 5.56 Å². The highest BCUT2D eigenvalue weighted by Crippen LogP contribution is 2.38. The zero-order chi connectivity index (χ0) is 15.7. The van der Waals surface area contributed by atoms with E-state index in [0.717, 1.165) is 22.3 Å². The van der Waals surface area contributed by atoms with Gasteiger partial charge in [0, 0.05) is 16.7 Å². The molecule has 108 valence electrons. The number of hydrogen-bond acceptors (Lipinski definition) is 3. The summed E-state index contributed by atoms with van der Waals surface area (Å²) in [5.74, 6) is -0.517. The Morgan fingerprint density at radius 2 is 2.00 bits per heavy atom. The van der Waals surface area contributed by atoms with Crippen LogP contribution >= 0.6 is 0 Å². The number of carboxylic acid groups (broad SMARTS) is 1. The molecule has 0 saturated carbocycles.